The number of allylic oxidation sites excluding steroid dienone is 2. The molecule has 0 radical (unpaired) electrons. The second kappa shape index (κ2) is 4.09. The fourth-order valence-corrected chi connectivity index (χ4v) is 0.363. The van der Waals surface area contributed by atoms with Gasteiger partial charge in [0.1, 0.15) is 0 Å². The van der Waals surface area contributed by atoms with Crippen LogP contribution in [-0.2, 0) is 4.79 Å². The van der Waals surface area contributed by atoms with E-state index in [4.69, 9.17) is 0 Å². The van der Waals surface area contributed by atoms with E-state index in [0.717, 1.165) is 6.92 Å². The first-order valence-corrected chi connectivity index (χ1v) is 2.63. The SMILES string of the molecule is CC(=CC(F)C=O)C(F)F. The third-order valence-corrected chi connectivity index (χ3v) is 0.896. The minimum absolute atomic E-state index is 0.0358. The van der Waals surface area contributed by atoms with Gasteiger partial charge in [-0.1, -0.05) is 0 Å². The van der Waals surface area contributed by atoms with Crippen LogP contribution >= 0.6 is 0 Å². The van der Waals surface area contributed by atoms with Gasteiger partial charge in [0.15, 0.2) is 12.5 Å². The van der Waals surface area contributed by atoms with Gasteiger partial charge in [-0.3, -0.25) is 4.79 Å². The molecule has 0 aromatic rings. The molecule has 0 saturated carbocycles. The van der Waals surface area contributed by atoms with E-state index in [1.165, 1.54) is 0 Å². The first-order chi connectivity index (χ1) is 4.57. The molecule has 0 aromatic carbocycles. The molecule has 58 valence electrons. The smallest absolute Gasteiger partial charge is 0.259 e. The van der Waals surface area contributed by atoms with Gasteiger partial charge >= 0.3 is 0 Å². The maximum absolute atomic E-state index is 12.0. The lowest BCUT2D eigenvalue weighted by molar-refractivity contribution is -0.110. The van der Waals surface area contributed by atoms with E-state index in [9.17, 15) is 18.0 Å². The van der Waals surface area contributed by atoms with Gasteiger partial charge in [0.25, 0.3) is 6.43 Å². The second-order valence-electron chi connectivity index (χ2n) is 1.79. The third-order valence-electron chi connectivity index (χ3n) is 0.896. The van der Waals surface area contributed by atoms with Crippen LogP contribution < -0.4 is 0 Å². The summed E-state index contributed by atoms with van der Waals surface area (Å²) in [5.74, 6) is 0. The Bertz CT molecular complexity index is 142. The molecule has 0 aliphatic rings. The summed E-state index contributed by atoms with van der Waals surface area (Å²) in [5, 5.41) is 0. The van der Waals surface area contributed by atoms with Crippen LogP contribution in [0.25, 0.3) is 0 Å². The molecule has 0 spiro atoms. The fourth-order valence-electron chi connectivity index (χ4n) is 0.363. The molecule has 0 rings (SSSR count). The van der Waals surface area contributed by atoms with Gasteiger partial charge in [-0.05, 0) is 18.6 Å². The highest BCUT2D eigenvalue weighted by Gasteiger charge is 2.07. The summed E-state index contributed by atoms with van der Waals surface area (Å²) >= 11 is 0. The summed E-state index contributed by atoms with van der Waals surface area (Å²) in [6, 6.07) is 0. The third kappa shape index (κ3) is 3.27. The number of rotatable bonds is 3. The van der Waals surface area contributed by atoms with Gasteiger partial charge in [0.05, 0.1) is 0 Å². The van der Waals surface area contributed by atoms with E-state index in [-0.39, 0.29) is 6.29 Å². The predicted octanol–water partition coefficient (Wildman–Crippen LogP) is 1.73. The van der Waals surface area contributed by atoms with Crippen LogP contribution in [0.3, 0.4) is 0 Å². The monoisotopic (exact) mass is 152 g/mol. The molecule has 0 amide bonds. The molecule has 0 bridgehead atoms. The summed E-state index contributed by atoms with van der Waals surface area (Å²) in [6.07, 6.45) is -4.03. The van der Waals surface area contributed by atoms with Crippen LogP contribution in [-0.4, -0.2) is 18.9 Å². The van der Waals surface area contributed by atoms with E-state index in [1.807, 2.05) is 0 Å². The van der Waals surface area contributed by atoms with E-state index < -0.39 is 18.2 Å². The van der Waals surface area contributed by atoms with Gasteiger partial charge in [-0.15, -0.1) is 0 Å². The second-order valence-corrected chi connectivity index (χ2v) is 1.79. The summed E-state index contributed by atoms with van der Waals surface area (Å²) in [6.45, 7) is 1.07. The van der Waals surface area contributed by atoms with Gasteiger partial charge in [-0.25, -0.2) is 13.2 Å². The normalized spacial score (nSPS) is 15.5. The van der Waals surface area contributed by atoms with E-state index in [0.29, 0.717) is 6.08 Å². The first kappa shape index (κ1) is 9.20. The van der Waals surface area contributed by atoms with Crippen molar-refractivity contribution in [2.75, 3.05) is 0 Å². The highest BCUT2D eigenvalue weighted by atomic mass is 19.3. The largest absolute Gasteiger partial charge is 0.300 e. The van der Waals surface area contributed by atoms with Crippen molar-refractivity contribution in [1.82, 2.24) is 0 Å². The number of carbonyl (C=O) groups is 1. The molecule has 1 atom stereocenters. The van der Waals surface area contributed by atoms with Crippen molar-refractivity contribution in [1.29, 1.82) is 0 Å². The summed E-state index contributed by atoms with van der Waals surface area (Å²) in [4.78, 5) is 9.60. The summed E-state index contributed by atoms with van der Waals surface area (Å²) < 4.78 is 35.1. The molecule has 1 unspecified atom stereocenters. The zero-order valence-corrected chi connectivity index (χ0v) is 5.35. The lowest BCUT2D eigenvalue weighted by Gasteiger charge is -1.97. The molecule has 0 fully saturated rings. The van der Waals surface area contributed by atoms with Gasteiger partial charge in [0.2, 0.25) is 0 Å². The highest BCUT2D eigenvalue weighted by Crippen LogP contribution is 2.08. The number of aldehydes is 1. The molecule has 0 aromatic heterocycles. The minimum Gasteiger partial charge on any atom is -0.300 e. The molecular formula is C6H7F3O. The van der Waals surface area contributed by atoms with Gasteiger partial charge in [0, 0.05) is 0 Å². The Labute approximate surface area is 56.5 Å². The molecule has 0 heterocycles. The van der Waals surface area contributed by atoms with Crippen LogP contribution in [0.15, 0.2) is 11.6 Å². The van der Waals surface area contributed by atoms with Crippen LogP contribution in [0.5, 0.6) is 0 Å². The molecule has 0 aliphatic carbocycles. The summed E-state index contributed by atoms with van der Waals surface area (Å²) in [5.41, 5.74) is -0.417. The van der Waals surface area contributed by atoms with Crippen LogP contribution in [0.2, 0.25) is 0 Å². The van der Waals surface area contributed by atoms with E-state index in [1.54, 1.807) is 0 Å². The van der Waals surface area contributed by atoms with Crippen molar-refractivity contribution >= 4 is 6.29 Å². The standard InChI is InChI=1S/C6H7F3O/c1-4(6(8)9)2-5(7)3-10/h2-3,5-6H,1H3. The number of carbonyl (C=O) groups excluding carboxylic acids is 1. The molecule has 0 aliphatic heterocycles. The van der Waals surface area contributed by atoms with Crippen molar-refractivity contribution in [3.8, 4) is 0 Å². The number of alkyl halides is 3. The van der Waals surface area contributed by atoms with Crippen LogP contribution in [0, 0.1) is 0 Å². The van der Waals surface area contributed by atoms with Gasteiger partial charge < -0.3 is 0 Å². The number of halogens is 3. The van der Waals surface area contributed by atoms with Crippen LogP contribution in [0.1, 0.15) is 6.92 Å². The Morgan fingerprint density at radius 2 is 1.90 bits per heavy atom. The zero-order valence-electron chi connectivity index (χ0n) is 5.35. The van der Waals surface area contributed by atoms with Crippen molar-refractivity contribution in [2.24, 2.45) is 0 Å². The molecule has 0 N–H and O–H groups in total. The number of hydrogen-bond acceptors (Lipinski definition) is 1. The van der Waals surface area contributed by atoms with E-state index in [2.05, 4.69) is 0 Å². The molecule has 4 heteroatoms. The van der Waals surface area contributed by atoms with Gasteiger partial charge in [-0.2, -0.15) is 0 Å². The lowest BCUT2D eigenvalue weighted by Crippen LogP contribution is -2.01. The molecular weight excluding hydrogens is 145 g/mol. The predicted molar refractivity (Wildman–Crippen MR) is 30.7 cm³/mol. The highest BCUT2D eigenvalue weighted by molar-refractivity contribution is 5.59. The topological polar surface area (TPSA) is 17.1 Å². The van der Waals surface area contributed by atoms with E-state index >= 15 is 0 Å². The van der Waals surface area contributed by atoms with Crippen molar-refractivity contribution in [3.05, 3.63) is 11.6 Å². The Kier molecular flexibility index (Phi) is 3.76. The van der Waals surface area contributed by atoms with Crippen LogP contribution in [0.4, 0.5) is 13.2 Å². The Hall–Kier alpha value is -0.800. The number of hydrogen-bond donors (Lipinski definition) is 0. The Morgan fingerprint density at radius 1 is 1.40 bits per heavy atom. The van der Waals surface area contributed by atoms with Crippen molar-refractivity contribution in [3.63, 3.8) is 0 Å². The summed E-state index contributed by atoms with van der Waals surface area (Å²) in [7, 11) is 0. The Balaban J connectivity index is 4.01. The molecule has 0 saturated heterocycles. The van der Waals surface area contributed by atoms with Crippen molar-refractivity contribution in [2.45, 2.75) is 19.5 Å². The average Bonchev–Trinajstić information content (AvgIpc) is 1.87. The molecule has 10 heavy (non-hydrogen) atoms. The average molecular weight is 152 g/mol. The fraction of sp³-hybridized carbons (Fsp3) is 0.500. The lowest BCUT2D eigenvalue weighted by atomic mass is 10.2. The molecule has 1 nitrogen and oxygen atoms in total. The zero-order chi connectivity index (χ0) is 8.15. The first-order valence-electron chi connectivity index (χ1n) is 2.63. The Morgan fingerprint density at radius 3 is 2.20 bits per heavy atom. The van der Waals surface area contributed by atoms with Crippen molar-refractivity contribution < 1.29 is 18.0 Å². The quantitative estimate of drug-likeness (QED) is 0.444. The maximum atomic E-state index is 12.0. The minimum atomic E-state index is -2.68. The maximum Gasteiger partial charge on any atom is 0.259 e.